The third kappa shape index (κ3) is 2.40. The molecular formula is C12H15N3S. The minimum Gasteiger partial charge on any atom is -0.399 e. The first-order valence-corrected chi connectivity index (χ1v) is 6.14. The van der Waals surface area contributed by atoms with Crippen molar-refractivity contribution in [2.45, 2.75) is 12.5 Å². The molecule has 0 radical (unpaired) electrons. The monoisotopic (exact) mass is 233 g/mol. The van der Waals surface area contributed by atoms with E-state index in [1.54, 1.807) is 11.3 Å². The average molecular weight is 233 g/mol. The van der Waals surface area contributed by atoms with E-state index in [-0.39, 0.29) is 6.04 Å². The van der Waals surface area contributed by atoms with E-state index in [1.807, 2.05) is 30.8 Å². The summed E-state index contributed by atoms with van der Waals surface area (Å²) >= 11 is 1.62. The SMILES string of the molecule is CNC(Cc1ccccc1N)c1cscn1. The number of likely N-dealkylation sites (N-methyl/N-ethyl adjacent to an activating group) is 1. The third-order valence-corrected chi connectivity index (χ3v) is 3.24. The predicted molar refractivity (Wildman–Crippen MR) is 68.5 cm³/mol. The molecule has 1 heterocycles. The zero-order chi connectivity index (χ0) is 11.4. The van der Waals surface area contributed by atoms with Crippen molar-refractivity contribution in [1.82, 2.24) is 10.3 Å². The van der Waals surface area contributed by atoms with E-state index >= 15 is 0 Å². The zero-order valence-electron chi connectivity index (χ0n) is 9.18. The summed E-state index contributed by atoms with van der Waals surface area (Å²) in [4.78, 5) is 4.33. The van der Waals surface area contributed by atoms with Gasteiger partial charge in [-0.15, -0.1) is 11.3 Å². The second kappa shape index (κ2) is 5.09. The molecule has 84 valence electrons. The quantitative estimate of drug-likeness (QED) is 0.796. The van der Waals surface area contributed by atoms with Crippen LogP contribution in [0.25, 0.3) is 0 Å². The van der Waals surface area contributed by atoms with Crippen LogP contribution in [-0.4, -0.2) is 12.0 Å². The van der Waals surface area contributed by atoms with E-state index in [0.717, 1.165) is 23.4 Å². The summed E-state index contributed by atoms with van der Waals surface area (Å²) in [5, 5.41) is 5.34. The van der Waals surface area contributed by atoms with Crippen molar-refractivity contribution in [3.05, 3.63) is 46.4 Å². The number of rotatable bonds is 4. The smallest absolute Gasteiger partial charge is 0.0795 e. The number of nitrogens with two attached hydrogens (primary N) is 1. The first kappa shape index (κ1) is 11.1. The van der Waals surface area contributed by atoms with Crippen LogP contribution in [0.2, 0.25) is 0 Å². The molecule has 0 bridgehead atoms. The van der Waals surface area contributed by atoms with Gasteiger partial charge in [-0.05, 0) is 25.1 Å². The molecule has 1 aromatic carbocycles. The molecule has 1 atom stereocenters. The van der Waals surface area contributed by atoms with Gasteiger partial charge in [0.2, 0.25) is 0 Å². The van der Waals surface area contributed by atoms with E-state index < -0.39 is 0 Å². The van der Waals surface area contributed by atoms with Gasteiger partial charge in [0.25, 0.3) is 0 Å². The molecular weight excluding hydrogens is 218 g/mol. The molecule has 0 aliphatic heterocycles. The van der Waals surface area contributed by atoms with E-state index in [1.165, 1.54) is 0 Å². The molecule has 2 aromatic rings. The fraction of sp³-hybridized carbons (Fsp3) is 0.250. The molecule has 4 heteroatoms. The highest BCUT2D eigenvalue weighted by atomic mass is 32.1. The minimum absolute atomic E-state index is 0.232. The number of anilines is 1. The van der Waals surface area contributed by atoms with Crippen molar-refractivity contribution < 1.29 is 0 Å². The Morgan fingerprint density at radius 3 is 2.88 bits per heavy atom. The summed E-state index contributed by atoms with van der Waals surface area (Å²) in [6, 6.07) is 8.20. The maximum absolute atomic E-state index is 5.93. The van der Waals surface area contributed by atoms with E-state index in [9.17, 15) is 0 Å². The molecule has 0 saturated carbocycles. The fourth-order valence-electron chi connectivity index (χ4n) is 1.69. The largest absolute Gasteiger partial charge is 0.399 e. The number of nitrogens with one attached hydrogen (secondary N) is 1. The van der Waals surface area contributed by atoms with Gasteiger partial charge in [-0.25, -0.2) is 4.98 Å². The first-order chi connectivity index (χ1) is 7.81. The summed E-state index contributed by atoms with van der Waals surface area (Å²) in [7, 11) is 1.95. The molecule has 2 rings (SSSR count). The van der Waals surface area contributed by atoms with Crippen LogP contribution < -0.4 is 11.1 Å². The highest BCUT2D eigenvalue weighted by molar-refractivity contribution is 7.07. The van der Waals surface area contributed by atoms with Gasteiger partial charge in [0.15, 0.2) is 0 Å². The van der Waals surface area contributed by atoms with Crippen LogP contribution in [0.4, 0.5) is 5.69 Å². The Morgan fingerprint density at radius 2 is 2.25 bits per heavy atom. The maximum Gasteiger partial charge on any atom is 0.0795 e. The highest BCUT2D eigenvalue weighted by Gasteiger charge is 2.12. The van der Waals surface area contributed by atoms with Crippen molar-refractivity contribution >= 4 is 17.0 Å². The van der Waals surface area contributed by atoms with Crippen LogP contribution in [-0.2, 0) is 6.42 Å². The Bertz CT molecular complexity index is 439. The molecule has 0 aliphatic carbocycles. The number of para-hydroxylation sites is 1. The number of thiazole rings is 1. The molecule has 3 N–H and O–H groups in total. The van der Waals surface area contributed by atoms with E-state index in [2.05, 4.69) is 21.7 Å². The third-order valence-electron chi connectivity index (χ3n) is 2.64. The minimum atomic E-state index is 0.232. The molecule has 1 unspecified atom stereocenters. The summed E-state index contributed by atoms with van der Waals surface area (Å²) in [5.74, 6) is 0. The predicted octanol–water partition coefficient (Wildman–Crippen LogP) is 2.23. The molecule has 0 fully saturated rings. The van der Waals surface area contributed by atoms with Crippen molar-refractivity contribution in [1.29, 1.82) is 0 Å². The van der Waals surface area contributed by atoms with Crippen molar-refractivity contribution in [3.63, 3.8) is 0 Å². The van der Waals surface area contributed by atoms with Gasteiger partial charge in [0.1, 0.15) is 0 Å². The summed E-state index contributed by atoms with van der Waals surface area (Å²) in [5.41, 5.74) is 10.9. The lowest BCUT2D eigenvalue weighted by Gasteiger charge is -2.15. The highest BCUT2D eigenvalue weighted by Crippen LogP contribution is 2.21. The molecule has 0 spiro atoms. The van der Waals surface area contributed by atoms with Gasteiger partial charge in [0, 0.05) is 11.1 Å². The van der Waals surface area contributed by atoms with Crippen LogP contribution in [0.5, 0.6) is 0 Å². The van der Waals surface area contributed by atoms with Gasteiger partial charge in [-0.2, -0.15) is 0 Å². The second-order valence-electron chi connectivity index (χ2n) is 3.66. The molecule has 0 amide bonds. The Balaban J connectivity index is 2.17. The number of aromatic nitrogens is 1. The van der Waals surface area contributed by atoms with Crippen LogP contribution in [0.1, 0.15) is 17.3 Å². The molecule has 16 heavy (non-hydrogen) atoms. The summed E-state index contributed by atoms with van der Waals surface area (Å²) in [6.07, 6.45) is 0.868. The molecule has 1 aromatic heterocycles. The Morgan fingerprint density at radius 1 is 1.44 bits per heavy atom. The van der Waals surface area contributed by atoms with Crippen LogP contribution in [0, 0.1) is 0 Å². The fourth-order valence-corrected chi connectivity index (χ4v) is 2.30. The van der Waals surface area contributed by atoms with Crippen LogP contribution in [0.15, 0.2) is 35.2 Å². The number of nitrogens with zero attached hydrogens (tertiary/aromatic N) is 1. The van der Waals surface area contributed by atoms with Crippen molar-refractivity contribution in [3.8, 4) is 0 Å². The summed E-state index contributed by atoms with van der Waals surface area (Å²) < 4.78 is 0. The van der Waals surface area contributed by atoms with E-state index in [4.69, 9.17) is 5.73 Å². The Labute approximate surface area is 99.3 Å². The van der Waals surface area contributed by atoms with Gasteiger partial charge < -0.3 is 11.1 Å². The van der Waals surface area contributed by atoms with Gasteiger partial charge >= 0.3 is 0 Å². The van der Waals surface area contributed by atoms with Crippen LogP contribution >= 0.6 is 11.3 Å². The van der Waals surface area contributed by atoms with Gasteiger partial charge in [0.05, 0.1) is 17.2 Å². The first-order valence-electron chi connectivity index (χ1n) is 5.20. The second-order valence-corrected chi connectivity index (χ2v) is 4.38. The number of hydrogen-bond donors (Lipinski definition) is 2. The molecule has 0 aliphatic rings. The van der Waals surface area contributed by atoms with Crippen molar-refractivity contribution in [2.75, 3.05) is 12.8 Å². The standard InChI is InChI=1S/C12H15N3S/c1-14-11(12-7-16-8-15-12)6-9-4-2-3-5-10(9)13/h2-5,7-8,11,14H,6,13H2,1H3. The average Bonchev–Trinajstić information content (AvgIpc) is 2.81. The normalized spacial score (nSPS) is 12.6. The number of nitrogen functional groups attached to an aromatic ring is 1. The zero-order valence-corrected chi connectivity index (χ0v) is 10.00. The van der Waals surface area contributed by atoms with Gasteiger partial charge in [-0.3, -0.25) is 0 Å². The lowest BCUT2D eigenvalue weighted by Crippen LogP contribution is -2.19. The maximum atomic E-state index is 5.93. The molecule has 0 saturated heterocycles. The number of hydrogen-bond acceptors (Lipinski definition) is 4. The number of benzene rings is 1. The van der Waals surface area contributed by atoms with Gasteiger partial charge in [-0.1, -0.05) is 18.2 Å². The Kier molecular flexibility index (Phi) is 3.54. The molecule has 3 nitrogen and oxygen atoms in total. The topological polar surface area (TPSA) is 50.9 Å². The van der Waals surface area contributed by atoms with E-state index in [0.29, 0.717) is 0 Å². The lowest BCUT2D eigenvalue weighted by atomic mass is 10.0. The lowest BCUT2D eigenvalue weighted by molar-refractivity contribution is 0.580. The van der Waals surface area contributed by atoms with Crippen molar-refractivity contribution in [2.24, 2.45) is 0 Å². The Hall–Kier alpha value is -1.39. The summed E-state index contributed by atoms with van der Waals surface area (Å²) in [6.45, 7) is 0. The van der Waals surface area contributed by atoms with Crippen LogP contribution in [0.3, 0.4) is 0 Å².